The summed E-state index contributed by atoms with van der Waals surface area (Å²) >= 11 is 0. The summed E-state index contributed by atoms with van der Waals surface area (Å²) in [6.07, 6.45) is 2.49. The Morgan fingerprint density at radius 1 is 0.949 bits per heavy atom. The van der Waals surface area contributed by atoms with Crippen LogP contribution in [0, 0.1) is 11.2 Å². The van der Waals surface area contributed by atoms with E-state index in [1.54, 1.807) is 55.8 Å². The molecule has 3 aromatic carbocycles. The van der Waals surface area contributed by atoms with E-state index in [9.17, 15) is 14.0 Å². The Bertz CT molecular complexity index is 1540. The molecule has 198 valence electrons. The molecule has 0 bridgehead atoms. The van der Waals surface area contributed by atoms with Crippen LogP contribution in [-0.4, -0.2) is 37.4 Å². The summed E-state index contributed by atoms with van der Waals surface area (Å²) in [5.74, 6) is 0.844. The summed E-state index contributed by atoms with van der Waals surface area (Å²) < 4.78 is 30.2. The average Bonchev–Trinajstić information content (AvgIpc) is 3.76. The van der Waals surface area contributed by atoms with Gasteiger partial charge in [-0.05, 0) is 80.2 Å². The monoisotopic (exact) mass is 528 g/mol. The SMILES string of the molecule is C=NCOc1cc2c(Oc3ccc(NC(=O)C4(C(=O)Nc5ccc(F)cc5)CC4)cc3)ccnc2cc1OC. The minimum Gasteiger partial charge on any atom is -0.493 e. The highest BCUT2D eigenvalue weighted by molar-refractivity contribution is 6.16. The van der Waals surface area contributed by atoms with Crippen LogP contribution in [0.3, 0.4) is 0 Å². The van der Waals surface area contributed by atoms with E-state index >= 15 is 0 Å². The number of ether oxygens (including phenoxy) is 3. The molecule has 1 fully saturated rings. The number of aliphatic imine (C=N–C) groups is 1. The number of halogens is 1. The lowest BCUT2D eigenvalue weighted by atomic mass is 10.0. The number of pyridine rings is 1. The first-order chi connectivity index (χ1) is 18.9. The summed E-state index contributed by atoms with van der Waals surface area (Å²) in [6, 6.07) is 17.5. The van der Waals surface area contributed by atoms with Crippen LogP contribution in [0.2, 0.25) is 0 Å². The standard InChI is InChI=1S/C29H25FN4O5/c1-31-17-38-26-15-22-23(16-25(26)37-2)32-14-11-24(22)39-21-9-7-20(8-10-21)34-28(36)29(12-13-29)27(35)33-19-5-3-18(30)4-6-19/h3-11,14-16H,1,12-13,17H2,2H3,(H,33,35)(H,34,36). The Hall–Kier alpha value is -4.99. The molecular formula is C29H25FN4O5. The topological polar surface area (TPSA) is 111 Å². The zero-order valence-corrected chi connectivity index (χ0v) is 21.1. The molecule has 0 aliphatic heterocycles. The number of aromatic nitrogens is 1. The van der Waals surface area contributed by atoms with Crippen LogP contribution in [0.4, 0.5) is 15.8 Å². The Morgan fingerprint density at radius 3 is 2.18 bits per heavy atom. The van der Waals surface area contributed by atoms with Crippen molar-refractivity contribution in [1.82, 2.24) is 4.98 Å². The van der Waals surface area contributed by atoms with Gasteiger partial charge in [0, 0.05) is 29.0 Å². The van der Waals surface area contributed by atoms with E-state index < -0.39 is 23.0 Å². The summed E-state index contributed by atoms with van der Waals surface area (Å²) in [7, 11) is 1.54. The first-order valence-electron chi connectivity index (χ1n) is 12.1. The fraction of sp³-hybridized carbons (Fsp3) is 0.172. The van der Waals surface area contributed by atoms with Crippen molar-refractivity contribution in [1.29, 1.82) is 0 Å². The molecule has 1 aromatic heterocycles. The van der Waals surface area contributed by atoms with Crippen molar-refractivity contribution < 1.29 is 28.2 Å². The number of anilines is 2. The molecule has 5 rings (SSSR count). The number of methoxy groups -OCH3 is 1. The maximum atomic E-state index is 13.1. The molecule has 0 spiro atoms. The summed E-state index contributed by atoms with van der Waals surface area (Å²) in [6.45, 7) is 3.50. The van der Waals surface area contributed by atoms with Crippen LogP contribution >= 0.6 is 0 Å². The first-order valence-corrected chi connectivity index (χ1v) is 12.1. The molecule has 4 aromatic rings. The lowest BCUT2D eigenvalue weighted by Gasteiger charge is -2.16. The lowest BCUT2D eigenvalue weighted by Crippen LogP contribution is -2.35. The second-order valence-electron chi connectivity index (χ2n) is 8.95. The number of nitrogens with one attached hydrogen (secondary N) is 2. The van der Waals surface area contributed by atoms with E-state index in [2.05, 4.69) is 27.3 Å². The van der Waals surface area contributed by atoms with Crippen molar-refractivity contribution in [3.05, 3.63) is 78.7 Å². The Balaban J connectivity index is 1.27. The van der Waals surface area contributed by atoms with Crippen LogP contribution in [0.15, 0.2) is 77.9 Å². The maximum Gasteiger partial charge on any atom is 0.240 e. The molecule has 39 heavy (non-hydrogen) atoms. The van der Waals surface area contributed by atoms with Crippen molar-refractivity contribution in [3.63, 3.8) is 0 Å². The number of benzene rings is 3. The minimum atomic E-state index is -1.15. The van der Waals surface area contributed by atoms with Crippen LogP contribution in [0.1, 0.15) is 12.8 Å². The highest BCUT2D eigenvalue weighted by Gasteiger charge is 2.56. The summed E-state index contributed by atoms with van der Waals surface area (Å²) in [4.78, 5) is 33.8. The fourth-order valence-corrected chi connectivity index (χ4v) is 4.06. The molecule has 1 heterocycles. The van der Waals surface area contributed by atoms with Gasteiger partial charge in [0.1, 0.15) is 22.7 Å². The molecule has 9 nitrogen and oxygen atoms in total. The van der Waals surface area contributed by atoms with Crippen molar-refractivity contribution in [3.8, 4) is 23.0 Å². The van der Waals surface area contributed by atoms with E-state index in [-0.39, 0.29) is 6.73 Å². The molecule has 10 heteroatoms. The number of carbonyl (C=O) groups excluding carboxylic acids is 2. The second kappa shape index (κ2) is 10.8. The Labute approximate surface area is 223 Å². The second-order valence-corrected chi connectivity index (χ2v) is 8.95. The predicted molar refractivity (Wildman–Crippen MR) is 145 cm³/mol. The number of fused-ring (bicyclic) bond motifs is 1. The quantitative estimate of drug-likeness (QED) is 0.206. The van der Waals surface area contributed by atoms with Crippen molar-refractivity contribution in [2.75, 3.05) is 24.5 Å². The molecular weight excluding hydrogens is 503 g/mol. The van der Waals surface area contributed by atoms with Gasteiger partial charge in [0.15, 0.2) is 18.2 Å². The zero-order valence-electron chi connectivity index (χ0n) is 21.1. The maximum absolute atomic E-state index is 13.1. The van der Waals surface area contributed by atoms with Crippen LogP contribution in [-0.2, 0) is 9.59 Å². The summed E-state index contributed by atoms with van der Waals surface area (Å²) in [5.41, 5.74) is 0.451. The van der Waals surface area contributed by atoms with Gasteiger partial charge in [-0.25, -0.2) is 4.39 Å². The number of nitrogens with zero attached hydrogens (tertiary/aromatic N) is 2. The summed E-state index contributed by atoms with van der Waals surface area (Å²) in [5, 5.41) is 6.21. The molecule has 0 radical (unpaired) electrons. The van der Waals surface area contributed by atoms with Gasteiger partial charge in [-0.2, -0.15) is 0 Å². The number of hydrogen-bond donors (Lipinski definition) is 2. The zero-order chi connectivity index (χ0) is 27.4. The molecule has 1 aliphatic rings. The Morgan fingerprint density at radius 2 is 1.59 bits per heavy atom. The predicted octanol–water partition coefficient (Wildman–Crippen LogP) is 5.57. The van der Waals surface area contributed by atoms with Crippen molar-refractivity contribution in [2.45, 2.75) is 12.8 Å². The highest BCUT2D eigenvalue weighted by atomic mass is 19.1. The molecule has 1 saturated carbocycles. The van der Waals surface area contributed by atoms with Gasteiger partial charge in [0.25, 0.3) is 0 Å². The van der Waals surface area contributed by atoms with Gasteiger partial charge in [-0.15, -0.1) is 0 Å². The normalized spacial score (nSPS) is 13.3. The van der Waals surface area contributed by atoms with Crippen LogP contribution in [0.5, 0.6) is 23.0 Å². The smallest absolute Gasteiger partial charge is 0.240 e. The third-order valence-corrected chi connectivity index (χ3v) is 6.36. The molecule has 0 unspecified atom stereocenters. The third-order valence-electron chi connectivity index (χ3n) is 6.36. The number of carbonyl (C=O) groups is 2. The highest BCUT2D eigenvalue weighted by Crippen LogP contribution is 2.47. The van der Waals surface area contributed by atoms with Crippen molar-refractivity contribution >= 4 is 40.8 Å². The van der Waals surface area contributed by atoms with Gasteiger partial charge in [-0.1, -0.05) is 0 Å². The third kappa shape index (κ3) is 5.49. The number of hydrogen-bond acceptors (Lipinski definition) is 7. The van der Waals surface area contributed by atoms with E-state index in [1.165, 1.54) is 24.3 Å². The van der Waals surface area contributed by atoms with Gasteiger partial charge < -0.3 is 24.8 Å². The van der Waals surface area contributed by atoms with Crippen molar-refractivity contribution in [2.24, 2.45) is 10.4 Å². The largest absolute Gasteiger partial charge is 0.493 e. The Kier molecular flexibility index (Phi) is 7.09. The van der Waals surface area contributed by atoms with Gasteiger partial charge in [0.2, 0.25) is 11.8 Å². The molecule has 2 amide bonds. The fourth-order valence-electron chi connectivity index (χ4n) is 4.06. The first kappa shape index (κ1) is 25.7. The van der Waals surface area contributed by atoms with E-state index in [0.717, 1.165) is 0 Å². The molecule has 0 atom stereocenters. The van der Waals surface area contributed by atoms with Crippen LogP contribution in [0.25, 0.3) is 10.9 Å². The molecule has 0 saturated heterocycles. The minimum absolute atomic E-state index is 0.0701. The number of rotatable bonds is 10. The number of amides is 2. The van der Waals surface area contributed by atoms with Crippen LogP contribution < -0.4 is 24.8 Å². The van der Waals surface area contributed by atoms with E-state index in [1.807, 2.05) is 0 Å². The van der Waals surface area contributed by atoms with E-state index in [4.69, 9.17) is 14.2 Å². The van der Waals surface area contributed by atoms with Gasteiger partial charge >= 0.3 is 0 Å². The lowest BCUT2D eigenvalue weighted by molar-refractivity contribution is -0.131. The van der Waals surface area contributed by atoms with Gasteiger partial charge in [-0.3, -0.25) is 19.6 Å². The molecule has 1 aliphatic carbocycles. The van der Waals surface area contributed by atoms with Gasteiger partial charge in [0.05, 0.1) is 12.6 Å². The molecule has 2 N–H and O–H groups in total. The average molecular weight is 529 g/mol. The van der Waals surface area contributed by atoms with E-state index in [0.29, 0.717) is 58.1 Å².